The molecule has 1 fully saturated rings. The summed E-state index contributed by atoms with van der Waals surface area (Å²) in [6.07, 6.45) is 2.07. The molecule has 0 radical (unpaired) electrons. The van der Waals surface area contributed by atoms with Crippen LogP contribution in [0, 0.1) is 0 Å². The smallest absolute Gasteiger partial charge is 0.258 e. The summed E-state index contributed by atoms with van der Waals surface area (Å²) in [6, 6.07) is 7.07. The van der Waals surface area contributed by atoms with Crippen LogP contribution in [0.15, 0.2) is 35.3 Å². The Labute approximate surface area is 133 Å². The minimum atomic E-state index is -0.0812. The van der Waals surface area contributed by atoms with Crippen LogP contribution in [-0.2, 0) is 11.3 Å². The summed E-state index contributed by atoms with van der Waals surface area (Å²) in [5, 5.41) is 5.27. The molecule has 0 atom stereocenters. The monoisotopic (exact) mass is 319 g/mol. The van der Waals surface area contributed by atoms with Crippen LogP contribution in [0.25, 0.3) is 10.8 Å². The van der Waals surface area contributed by atoms with E-state index in [2.05, 4.69) is 5.32 Å². The molecule has 6 heteroatoms. The number of aromatic nitrogens is 1. The Morgan fingerprint density at radius 1 is 1.23 bits per heavy atom. The second-order valence-electron chi connectivity index (χ2n) is 5.43. The van der Waals surface area contributed by atoms with Crippen molar-refractivity contribution in [2.24, 2.45) is 0 Å². The lowest BCUT2D eigenvalue weighted by molar-refractivity contribution is -0.132. The zero-order chi connectivity index (χ0) is 15.5. The minimum Gasteiger partial charge on any atom is -0.340 e. The predicted molar refractivity (Wildman–Crippen MR) is 87.3 cm³/mol. The van der Waals surface area contributed by atoms with Crippen molar-refractivity contribution in [2.45, 2.75) is 13.0 Å². The molecule has 1 N–H and O–H groups in total. The fraction of sp³-hybridized carbons (Fsp3) is 0.375. The maximum atomic E-state index is 12.4. The quantitative estimate of drug-likeness (QED) is 0.932. The molecule has 1 aromatic heterocycles. The number of rotatable bonds is 3. The zero-order valence-electron chi connectivity index (χ0n) is 12.2. The van der Waals surface area contributed by atoms with Gasteiger partial charge in [-0.2, -0.15) is 0 Å². The number of nitrogens with zero attached hydrogens (tertiary/aromatic N) is 2. The summed E-state index contributed by atoms with van der Waals surface area (Å²) in [5.41, 5.74) is -0.0812. The van der Waals surface area contributed by atoms with Crippen LogP contribution in [0.4, 0.5) is 0 Å². The van der Waals surface area contributed by atoms with Crippen molar-refractivity contribution < 1.29 is 4.79 Å². The van der Waals surface area contributed by atoms with E-state index < -0.39 is 0 Å². The van der Waals surface area contributed by atoms with Crippen LogP contribution in [0.1, 0.15) is 6.42 Å². The second kappa shape index (κ2) is 6.50. The summed E-state index contributed by atoms with van der Waals surface area (Å²) in [6.45, 7) is 3.55. The Morgan fingerprint density at radius 2 is 2.00 bits per heavy atom. The van der Waals surface area contributed by atoms with E-state index in [0.29, 0.717) is 23.4 Å². The molecule has 1 saturated heterocycles. The number of amides is 1. The number of piperazine rings is 1. The first-order chi connectivity index (χ1) is 10.6. The summed E-state index contributed by atoms with van der Waals surface area (Å²) < 4.78 is 1.59. The fourth-order valence-corrected chi connectivity index (χ4v) is 2.90. The first-order valence-corrected chi connectivity index (χ1v) is 7.80. The van der Waals surface area contributed by atoms with Gasteiger partial charge in [-0.3, -0.25) is 9.59 Å². The van der Waals surface area contributed by atoms with Crippen molar-refractivity contribution in [1.82, 2.24) is 14.8 Å². The van der Waals surface area contributed by atoms with Gasteiger partial charge in [0.1, 0.15) is 0 Å². The Balaban J connectivity index is 1.74. The number of aryl methyl sites for hydroxylation is 1. The Morgan fingerprint density at radius 3 is 2.77 bits per heavy atom. The molecule has 2 aromatic rings. The van der Waals surface area contributed by atoms with Crippen LogP contribution in [0.2, 0.25) is 5.02 Å². The highest BCUT2D eigenvalue weighted by Gasteiger charge is 2.16. The van der Waals surface area contributed by atoms with Crippen molar-refractivity contribution in [2.75, 3.05) is 26.2 Å². The topological polar surface area (TPSA) is 54.3 Å². The van der Waals surface area contributed by atoms with E-state index in [0.717, 1.165) is 31.6 Å². The fourth-order valence-electron chi connectivity index (χ4n) is 2.72. The van der Waals surface area contributed by atoms with Gasteiger partial charge in [-0.25, -0.2) is 0 Å². The van der Waals surface area contributed by atoms with Gasteiger partial charge in [0.25, 0.3) is 5.56 Å². The van der Waals surface area contributed by atoms with E-state index in [4.69, 9.17) is 11.6 Å². The van der Waals surface area contributed by atoms with Gasteiger partial charge in [0, 0.05) is 55.8 Å². The predicted octanol–water partition coefficient (Wildman–Crippen LogP) is 1.48. The number of halogens is 1. The van der Waals surface area contributed by atoms with Crippen molar-refractivity contribution in [1.29, 1.82) is 0 Å². The van der Waals surface area contributed by atoms with E-state index in [1.165, 1.54) is 0 Å². The highest BCUT2D eigenvalue weighted by molar-refractivity contribution is 6.31. The van der Waals surface area contributed by atoms with E-state index in [1.807, 2.05) is 11.0 Å². The van der Waals surface area contributed by atoms with Gasteiger partial charge in [0.2, 0.25) is 5.91 Å². The lowest BCUT2D eigenvalue weighted by Gasteiger charge is -2.27. The first-order valence-electron chi connectivity index (χ1n) is 7.42. The zero-order valence-corrected chi connectivity index (χ0v) is 13.0. The minimum absolute atomic E-state index is 0.0812. The SMILES string of the molecule is O=C(CCn1ccc2cc(Cl)ccc2c1=O)N1CCNCC1. The van der Waals surface area contributed by atoms with Crippen LogP contribution in [-0.4, -0.2) is 41.6 Å². The number of fused-ring (bicyclic) bond motifs is 1. The van der Waals surface area contributed by atoms with Crippen molar-refractivity contribution in [3.05, 3.63) is 45.8 Å². The molecular weight excluding hydrogens is 302 g/mol. The molecule has 1 aliphatic rings. The highest BCUT2D eigenvalue weighted by Crippen LogP contribution is 2.16. The number of hydrogen-bond donors (Lipinski definition) is 1. The van der Waals surface area contributed by atoms with E-state index >= 15 is 0 Å². The van der Waals surface area contributed by atoms with Crippen LogP contribution < -0.4 is 10.9 Å². The molecule has 0 spiro atoms. The summed E-state index contributed by atoms with van der Waals surface area (Å²) in [4.78, 5) is 26.4. The normalized spacial score (nSPS) is 15.2. The molecule has 0 saturated carbocycles. The first kappa shape index (κ1) is 15.1. The number of nitrogens with one attached hydrogen (secondary N) is 1. The maximum absolute atomic E-state index is 12.4. The standard InChI is InChI=1S/C16H18ClN3O2/c17-13-1-2-14-12(11-13)3-7-20(16(14)22)8-4-15(21)19-9-5-18-6-10-19/h1-3,7,11,18H,4-6,8-10H2. The van der Waals surface area contributed by atoms with Crippen LogP contribution in [0.5, 0.6) is 0 Å². The Bertz CT molecular complexity index is 751. The Kier molecular flexibility index (Phi) is 4.45. The third kappa shape index (κ3) is 3.15. The third-order valence-corrected chi connectivity index (χ3v) is 4.21. The average molecular weight is 320 g/mol. The highest BCUT2D eigenvalue weighted by atomic mass is 35.5. The average Bonchev–Trinajstić information content (AvgIpc) is 2.54. The molecule has 1 aromatic carbocycles. The van der Waals surface area contributed by atoms with Gasteiger partial charge >= 0.3 is 0 Å². The van der Waals surface area contributed by atoms with E-state index in [-0.39, 0.29) is 11.5 Å². The molecule has 3 rings (SSSR count). The van der Waals surface area contributed by atoms with Gasteiger partial charge in [-0.1, -0.05) is 11.6 Å². The molecule has 1 aliphatic heterocycles. The number of carbonyl (C=O) groups excluding carboxylic acids is 1. The van der Waals surface area contributed by atoms with Gasteiger partial charge in [-0.05, 0) is 29.7 Å². The summed E-state index contributed by atoms with van der Waals surface area (Å²) >= 11 is 5.94. The lowest BCUT2D eigenvalue weighted by Crippen LogP contribution is -2.46. The van der Waals surface area contributed by atoms with Crippen LogP contribution in [0.3, 0.4) is 0 Å². The number of pyridine rings is 1. The largest absolute Gasteiger partial charge is 0.340 e. The molecule has 22 heavy (non-hydrogen) atoms. The molecule has 5 nitrogen and oxygen atoms in total. The van der Waals surface area contributed by atoms with Crippen molar-refractivity contribution in [3.8, 4) is 0 Å². The second-order valence-corrected chi connectivity index (χ2v) is 5.86. The molecule has 116 valence electrons. The number of benzene rings is 1. The molecule has 1 amide bonds. The van der Waals surface area contributed by atoms with Gasteiger partial charge in [0.15, 0.2) is 0 Å². The third-order valence-electron chi connectivity index (χ3n) is 3.98. The number of hydrogen-bond acceptors (Lipinski definition) is 3. The van der Waals surface area contributed by atoms with Gasteiger partial charge < -0.3 is 14.8 Å². The van der Waals surface area contributed by atoms with E-state index in [9.17, 15) is 9.59 Å². The molecule has 0 aliphatic carbocycles. The van der Waals surface area contributed by atoms with Crippen molar-refractivity contribution in [3.63, 3.8) is 0 Å². The molecule has 0 unspecified atom stereocenters. The summed E-state index contributed by atoms with van der Waals surface area (Å²) in [5.74, 6) is 0.101. The molecule has 0 bridgehead atoms. The summed E-state index contributed by atoms with van der Waals surface area (Å²) in [7, 11) is 0. The van der Waals surface area contributed by atoms with E-state index in [1.54, 1.807) is 29.0 Å². The van der Waals surface area contributed by atoms with Crippen molar-refractivity contribution >= 4 is 28.3 Å². The van der Waals surface area contributed by atoms with Gasteiger partial charge in [-0.15, -0.1) is 0 Å². The van der Waals surface area contributed by atoms with Crippen LogP contribution >= 0.6 is 11.6 Å². The molecule has 2 heterocycles. The van der Waals surface area contributed by atoms with Gasteiger partial charge in [0.05, 0.1) is 0 Å². The molecular formula is C16H18ClN3O2. The Hall–Kier alpha value is -1.85. The maximum Gasteiger partial charge on any atom is 0.258 e. The number of carbonyl (C=O) groups is 1. The lowest BCUT2D eigenvalue weighted by atomic mass is 10.2.